The van der Waals surface area contributed by atoms with Gasteiger partial charge in [0.05, 0.1) is 6.61 Å². The van der Waals surface area contributed by atoms with Gasteiger partial charge in [0.1, 0.15) is 5.75 Å². The van der Waals surface area contributed by atoms with E-state index in [-0.39, 0.29) is 0 Å². The van der Waals surface area contributed by atoms with E-state index in [2.05, 4.69) is 50.2 Å². The van der Waals surface area contributed by atoms with Crippen LogP contribution in [0.3, 0.4) is 0 Å². The first-order chi connectivity index (χ1) is 9.74. The van der Waals surface area contributed by atoms with Gasteiger partial charge in [0.2, 0.25) is 0 Å². The third kappa shape index (κ3) is 3.61. The van der Waals surface area contributed by atoms with E-state index in [0.717, 1.165) is 18.8 Å². The Morgan fingerprint density at radius 1 is 0.950 bits per heavy atom. The zero-order valence-corrected chi connectivity index (χ0v) is 12.3. The van der Waals surface area contributed by atoms with Crippen molar-refractivity contribution in [1.82, 2.24) is 0 Å². The summed E-state index contributed by atoms with van der Waals surface area (Å²) in [5, 5.41) is 0. The Kier molecular flexibility index (Phi) is 5.19. The zero-order valence-electron chi connectivity index (χ0n) is 12.3. The van der Waals surface area contributed by atoms with Gasteiger partial charge in [0, 0.05) is 0 Å². The first-order valence-corrected chi connectivity index (χ1v) is 7.28. The third-order valence-corrected chi connectivity index (χ3v) is 3.49. The number of hydrogen-bond acceptors (Lipinski definition) is 2. The molecule has 2 rings (SSSR count). The highest BCUT2D eigenvalue weighted by Crippen LogP contribution is 2.24. The van der Waals surface area contributed by atoms with Gasteiger partial charge in [-0.25, -0.2) is 0 Å². The van der Waals surface area contributed by atoms with Crippen LogP contribution in [0.5, 0.6) is 5.75 Å². The largest absolute Gasteiger partial charge is 0.494 e. The molecule has 1 unspecified atom stereocenters. The van der Waals surface area contributed by atoms with Crippen molar-refractivity contribution in [1.29, 1.82) is 0 Å². The van der Waals surface area contributed by atoms with E-state index in [1.165, 1.54) is 16.7 Å². The van der Waals surface area contributed by atoms with Crippen molar-refractivity contribution in [2.75, 3.05) is 13.2 Å². The molecule has 0 radical (unpaired) electrons. The van der Waals surface area contributed by atoms with Crippen LogP contribution < -0.4 is 10.5 Å². The van der Waals surface area contributed by atoms with E-state index >= 15 is 0 Å². The molecule has 0 fully saturated rings. The minimum absolute atomic E-state index is 0.411. The lowest BCUT2D eigenvalue weighted by Gasteiger charge is -2.10. The Balaban J connectivity index is 2.11. The molecule has 0 aromatic heterocycles. The number of ether oxygens (including phenoxy) is 1. The van der Waals surface area contributed by atoms with Gasteiger partial charge in [-0.15, -0.1) is 0 Å². The Hall–Kier alpha value is -1.80. The van der Waals surface area contributed by atoms with Gasteiger partial charge in [-0.05, 0) is 47.7 Å². The predicted octanol–water partition coefficient (Wildman–Crippen LogP) is 4.20. The molecule has 1 atom stereocenters. The molecule has 2 aromatic rings. The van der Waals surface area contributed by atoms with E-state index in [1.807, 2.05) is 12.1 Å². The molecule has 0 aliphatic carbocycles. The van der Waals surface area contributed by atoms with Gasteiger partial charge < -0.3 is 10.5 Å². The minimum atomic E-state index is 0.411. The zero-order chi connectivity index (χ0) is 14.4. The first-order valence-electron chi connectivity index (χ1n) is 7.28. The lowest BCUT2D eigenvalue weighted by atomic mass is 9.98. The number of benzene rings is 2. The van der Waals surface area contributed by atoms with Gasteiger partial charge in [0.15, 0.2) is 0 Å². The van der Waals surface area contributed by atoms with Crippen molar-refractivity contribution >= 4 is 0 Å². The second kappa shape index (κ2) is 7.11. The van der Waals surface area contributed by atoms with Crippen LogP contribution in [0, 0.1) is 0 Å². The monoisotopic (exact) mass is 269 g/mol. The molecular formula is C18H23NO. The van der Waals surface area contributed by atoms with Crippen molar-refractivity contribution in [3.05, 3.63) is 54.1 Å². The Morgan fingerprint density at radius 3 is 2.00 bits per heavy atom. The quantitative estimate of drug-likeness (QED) is 0.852. The predicted molar refractivity (Wildman–Crippen MR) is 85.1 cm³/mol. The van der Waals surface area contributed by atoms with E-state index in [0.29, 0.717) is 12.5 Å². The molecule has 106 valence electrons. The van der Waals surface area contributed by atoms with Crippen LogP contribution in [-0.2, 0) is 0 Å². The van der Waals surface area contributed by atoms with Gasteiger partial charge in [-0.1, -0.05) is 50.2 Å². The van der Waals surface area contributed by atoms with Gasteiger partial charge in [0.25, 0.3) is 0 Å². The van der Waals surface area contributed by atoms with E-state index in [9.17, 15) is 0 Å². The summed E-state index contributed by atoms with van der Waals surface area (Å²) in [4.78, 5) is 0. The minimum Gasteiger partial charge on any atom is -0.494 e. The fourth-order valence-corrected chi connectivity index (χ4v) is 2.10. The van der Waals surface area contributed by atoms with Crippen LogP contribution in [-0.4, -0.2) is 13.2 Å². The highest BCUT2D eigenvalue weighted by atomic mass is 16.5. The summed E-state index contributed by atoms with van der Waals surface area (Å²) in [5.74, 6) is 1.35. The topological polar surface area (TPSA) is 35.2 Å². The normalized spacial score (nSPS) is 12.2. The highest BCUT2D eigenvalue weighted by Gasteiger charge is 2.04. The van der Waals surface area contributed by atoms with Gasteiger partial charge in [-0.3, -0.25) is 0 Å². The summed E-state index contributed by atoms with van der Waals surface area (Å²) in [6.45, 7) is 5.71. The summed E-state index contributed by atoms with van der Waals surface area (Å²) >= 11 is 0. The molecule has 0 aliphatic rings. The fourth-order valence-electron chi connectivity index (χ4n) is 2.10. The van der Waals surface area contributed by atoms with Crippen LogP contribution in [0.2, 0.25) is 0 Å². The van der Waals surface area contributed by atoms with Crippen LogP contribution in [0.25, 0.3) is 11.1 Å². The lowest BCUT2D eigenvalue weighted by molar-refractivity contribution is 0.317. The number of hydrogen-bond donors (Lipinski definition) is 1. The average Bonchev–Trinajstić information content (AvgIpc) is 2.53. The van der Waals surface area contributed by atoms with E-state index in [4.69, 9.17) is 10.5 Å². The number of nitrogens with two attached hydrogens (primary N) is 1. The van der Waals surface area contributed by atoms with Crippen molar-refractivity contribution in [2.45, 2.75) is 26.2 Å². The average molecular weight is 269 g/mol. The maximum Gasteiger partial charge on any atom is 0.119 e. The van der Waals surface area contributed by atoms with Crippen LogP contribution in [0.4, 0.5) is 0 Å². The molecule has 0 heterocycles. The second-order valence-electron chi connectivity index (χ2n) is 5.13. The molecule has 0 saturated carbocycles. The van der Waals surface area contributed by atoms with Gasteiger partial charge >= 0.3 is 0 Å². The first kappa shape index (κ1) is 14.6. The molecule has 0 bridgehead atoms. The smallest absolute Gasteiger partial charge is 0.119 e. The van der Waals surface area contributed by atoms with Crippen LogP contribution in [0.1, 0.15) is 31.7 Å². The van der Waals surface area contributed by atoms with Crippen LogP contribution >= 0.6 is 0 Å². The van der Waals surface area contributed by atoms with E-state index < -0.39 is 0 Å². The van der Waals surface area contributed by atoms with Crippen LogP contribution in [0.15, 0.2) is 48.5 Å². The summed E-state index contributed by atoms with van der Waals surface area (Å²) in [6, 6.07) is 16.9. The molecule has 2 nitrogen and oxygen atoms in total. The second-order valence-corrected chi connectivity index (χ2v) is 5.13. The molecule has 0 aliphatic heterocycles. The van der Waals surface area contributed by atoms with Crippen molar-refractivity contribution < 1.29 is 4.74 Å². The molecule has 2 N–H and O–H groups in total. The summed E-state index contributed by atoms with van der Waals surface area (Å²) in [6.07, 6.45) is 1.03. The highest BCUT2D eigenvalue weighted by molar-refractivity contribution is 5.64. The van der Waals surface area contributed by atoms with Crippen molar-refractivity contribution in [2.24, 2.45) is 5.73 Å². The Bertz CT molecular complexity index is 516. The number of rotatable bonds is 6. The molecule has 0 amide bonds. The molecule has 0 spiro atoms. The van der Waals surface area contributed by atoms with Gasteiger partial charge in [-0.2, -0.15) is 0 Å². The SMILES string of the molecule is CCCOc1ccc(-c2ccc(C(C)CN)cc2)cc1. The van der Waals surface area contributed by atoms with E-state index in [1.54, 1.807) is 0 Å². The molecule has 2 heteroatoms. The summed E-state index contributed by atoms with van der Waals surface area (Å²) in [7, 11) is 0. The third-order valence-electron chi connectivity index (χ3n) is 3.49. The molecular weight excluding hydrogens is 246 g/mol. The molecule has 20 heavy (non-hydrogen) atoms. The summed E-state index contributed by atoms with van der Waals surface area (Å²) < 4.78 is 5.60. The van der Waals surface area contributed by atoms with Crippen molar-refractivity contribution in [3.63, 3.8) is 0 Å². The summed E-state index contributed by atoms with van der Waals surface area (Å²) in [5.41, 5.74) is 9.42. The van der Waals surface area contributed by atoms with Crippen molar-refractivity contribution in [3.8, 4) is 16.9 Å². The molecule has 2 aromatic carbocycles. The Labute approximate surface area is 121 Å². The maximum absolute atomic E-state index is 5.70. The lowest BCUT2D eigenvalue weighted by Crippen LogP contribution is -2.08. The maximum atomic E-state index is 5.70. The molecule has 0 saturated heterocycles. The standard InChI is InChI=1S/C18H23NO/c1-3-12-20-18-10-8-17(9-11-18)16-6-4-15(5-7-16)14(2)13-19/h4-11,14H,3,12-13,19H2,1-2H3. The Morgan fingerprint density at radius 2 is 1.50 bits per heavy atom. The fraction of sp³-hybridized carbons (Fsp3) is 0.333.